The van der Waals surface area contributed by atoms with Crippen LogP contribution in [0.2, 0.25) is 0 Å². The number of ether oxygens (including phenoxy) is 3. The molecule has 0 rings (SSSR count). The maximum Gasteiger partial charge on any atom is 0.306 e. The molecule has 6 nitrogen and oxygen atoms in total. The molecule has 0 aromatic rings. The van der Waals surface area contributed by atoms with E-state index in [1.54, 1.807) is 0 Å². The van der Waals surface area contributed by atoms with Gasteiger partial charge in [0.05, 0.1) is 0 Å². The highest BCUT2D eigenvalue weighted by Gasteiger charge is 2.19. The van der Waals surface area contributed by atoms with E-state index < -0.39 is 6.10 Å². The summed E-state index contributed by atoms with van der Waals surface area (Å²) in [6.45, 7) is 6.55. The third-order valence-corrected chi connectivity index (χ3v) is 15.7. The number of unbranched alkanes of at least 4 members (excludes halogenated alkanes) is 40. The monoisotopic (exact) mass is 1140 g/mol. The number of allylic oxidation sites excluding steroid dienone is 14. The van der Waals surface area contributed by atoms with Gasteiger partial charge in [-0.1, -0.05) is 350 Å². The highest BCUT2D eigenvalue weighted by atomic mass is 16.6. The highest BCUT2D eigenvalue weighted by molar-refractivity contribution is 5.71. The molecule has 0 heterocycles. The molecule has 0 amide bonds. The smallest absolute Gasteiger partial charge is 0.306 e. The van der Waals surface area contributed by atoms with Gasteiger partial charge in [0.25, 0.3) is 0 Å². The van der Waals surface area contributed by atoms with Gasteiger partial charge in [-0.15, -0.1) is 0 Å². The van der Waals surface area contributed by atoms with Gasteiger partial charge in [-0.05, 0) is 77.0 Å². The lowest BCUT2D eigenvalue weighted by Gasteiger charge is -2.18. The van der Waals surface area contributed by atoms with E-state index in [-0.39, 0.29) is 31.1 Å². The summed E-state index contributed by atoms with van der Waals surface area (Å²) in [7, 11) is 0. The number of rotatable bonds is 65. The quantitative estimate of drug-likeness (QED) is 0.0261. The Morgan fingerprint density at radius 1 is 0.256 bits per heavy atom. The lowest BCUT2D eigenvalue weighted by Crippen LogP contribution is -2.30. The first-order chi connectivity index (χ1) is 40.5. The van der Waals surface area contributed by atoms with Crippen molar-refractivity contribution in [2.24, 2.45) is 0 Å². The molecule has 6 heteroatoms. The van der Waals surface area contributed by atoms with Crippen molar-refractivity contribution in [2.75, 3.05) is 13.2 Å². The molecule has 1 unspecified atom stereocenters. The molecule has 0 saturated carbocycles. The predicted molar refractivity (Wildman–Crippen MR) is 358 cm³/mol. The molecule has 0 saturated heterocycles. The average molecular weight is 1140 g/mol. The molecular formula is C76H134O6. The number of esters is 3. The van der Waals surface area contributed by atoms with E-state index in [0.717, 1.165) is 103 Å². The Hall–Kier alpha value is -3.41. The summed E-state index contributed by atoms with van der Waals surface area (Å²) in [6.07, 6.45) is 93.5. The average Bonchev–Trinajstić information content (AvgIpc) is 3.47. The number of hydrogen-bond acceptors (Lipinski definition) is 6. The molecule has 0 aliphatic rings. The first kappa shape index (κ1) is 78.6. The fourth-order valence-corrected chi connectivity index (χ4v) is 10.4. The van der Waals surface area contributed by atoms with Crippen LogP contribution in [-0.4, -0.2) is 37.2 Å². The van der Waals surface area contributed by atoms with E-state index >= 15 is 0 Å². The second-order valence-electron chi connectivity index (χ2n) is 23.8. The Morgan fingerprint density at radius 2 is 0.476 bits per heavy atom. The van der Waals surface area contributed by atoms with Gasteiger partial charge in [-0.3, -0.25) is 14.4 Å². The van der Waals surface area contributed by atoms with E-state index in [2.05, 4.69) is 106 Å². The van der Waals surface area contributed by atoms with Gasteiger partial charge in [0, 0.05) is 19.3 Å². The topological polar surface area (TPSA) is 78.9 Å². The van der Waals surface area contributed by atoms with Gasteiger partial charge in [0.2, 0.25) is 0 Å². The summed E-state index contributed by atoms with van der Waals surface area (Å²) >= 11 is 0. The zero-order valence-electron chi connectivity index (χ0n) is 54.5. The first-order valence-electron chi connectivity index (χ1n) is 35.6. The summed E-state index contributed by atoms with van der Waals surface area (Å²) in [6, 6.07) is 0. The Kier molecular flexibility index (Phi) is 67.2. The Morgan fingerprint density at radius 3 is 0.744 bits per heavy atom. The van der Waals surface area contributed by atoms with Crippen molar-refractivity contribution >= 4 is 17.9 Å². The molecule has 474 valence electrons. The van der Waals surface area contributed by atoms with Crippen LogP contribution in [0.3, 0.4) is 0 Å². The van der Waals surface area contributed by atoms with Crippen LogP contribution < -0.4 is 0 Å². The van der Waals surface area contributed by atoms with Crippen LogP contribution in [0.4, 0.5) is 0 Å². The van der Waals surface area contributed by atoms with E-state index in [1.165, 1.54) is 218 Å². The van der Waals surface area contributed by atoms with Gasteiger partial charge in [0.15, 0.2) is 6.10 Å². The highest BCUT2D eigenvalue weighted by Crippen LogP contribution is 2.18. The third-order valence-electron chi connectivity index (χ3n) is 15.7. The van der Waals surface area contributed by atoms with Crippen molar-refractivity contribution in [3.63, 3.8) is 0 Å². The molecule has 0 aliphatic heterocycles. The minimum absolute atomic E-state index is 0.0715. The summed E-state index contributed by atoms with van der Waals surface area (Å²) < 4.78 is 16.9. The second kappa shape index (κ2) is 70.1. The van der Waals surface area contributed by atoms with Gasteiger partial charge in [-0.2, -0.15) is 0 Å². The summed E-state index contributed by atoms with van der Waals surface area (Å²) in [5.41, 5.74) is 0. The van der Waals surface area contributed by atoms with Crippen molar-refractivity contribution in [3.8, 4) is 0 Å². The van der Waals surface area contributed by atoms with E-state index in [9.17, 15) is 14.4 Å². The molecule has 1 atom stereocenters. The van der Waals surface area contributed by atoms with Crippen LogP contribution in [-0.2, 0) is 28.6 Å². The second-order valence-corrected chi connectivity index (χ2v) is 23.8. The van der Waals surface area contributed by atoms with Crippen molar-refractivity contribution in [2.45, 2.75) is 367 Å². The van der Waals surface area contributed by atoms with Gasteiger partial charge >= 0.3 is 17.9 Å². The zero-order chi connectivity index (χ0) is 59.2. The fourth-order valence-electron chi connectivity index (χ4n) is 10.4. The maximum absolute atomic E-state index is 12.9. The fraction of sp³-hybridized carbons (Fsp3) is 0.776. The molecule has 0 N–H and O–H groups in total. The molecule has 0 spiro atoms. The third kappa shape index (κ3) is 67.4. The SMILES string of the molecule is CC/C=C\C/C=C\C/C=C\C/C=C\C/C=C\C/C=C\C/C=C\CCCCCCCCCCCCCC(=O)OCC(COC(=O)CCCCCCCCCC)OC(=O)CCCCCCCCCCCCCCCCCCCCCCCCC. The van der Waals surface area contributed by atoms with Crippen LogP contribution in [0.15, 0.2) is 85.1 Å². The molecule has 82 heavy (non-hydrogen) atoms. The normalized spacial score (nSPS) is 12.6. The molecule has 0 radical (unpaired) electrons. The van der Waals surface area contributed by atoms with E-state index in [1.807, 2.05) is 0 Å². The zero-order valence-corrected chi connectivity index (χ0v) is 54.5. The van der Waals surface area contributed by atoms with Gasteiger partial charge in [-0.25, -0.2) is 0 Å². The Labute approximate surface area is 509 Å². The maximum atomic E-state index is 12.9. The number of carbonyl (C=O) groups excluding carboxylic acids is 3. The van der Waals surface area contributed by atoms with Crippen molar-refractivity contribution in [1.29, 1.82) is 0 Å². The lowest BCUT2D eigenvalue weighted by atomic mass is 10.0. The largest absolute Gasteiger partial charge is 0.462 e. The number of carbonyl (C=O) groups is 3. The summed E-state index contributed by atoms with van der Waals surface area (Å²) in [5, 5.41) is 0. The van der Waals surface area contributed by atoms with Gasteiger partial charge < -0.3 is 14.2 Å². The van der Waals surface area contributed by atoms with Crippen LogP contribution in [0.1, 0.15) is 361 Å². The van der Waals surface area contributed by atoms with Crippen LogP contribution in [0, 0.1) is 0 Å². The molecular weight excluding hydrogens is 1010 g/mol. The molecule has 0 bridgehead atoms. The predicted octanol–water partition coefficient (Wildman–Crippen LogP) is 24.6. The van der Waals surface area contributed by atoms with Crippen LogP contribution >= 0.6 is 0 Å². The minimum Gasteiger partial charge on any atom is -0.462 e. The number of hydrogen-bond donors (Lipinski definition) is 0. The van der Waals surface area contributed by atoms with Crippen LogP contribution in [0.5, 0.6) is 0 Å². The molecule has 0 fully saturated rings. The molecule has 0 aliphatic carbocycles. The van der Waals surface area contributed by atoms with Crippen molar-refractivity contribution in [1.82, 2.24) is 0 Å². The van der Waals surface area contributed by atoms with Crippen LogP contribution in [0.25, 0.3) is 0 Å². The molecule has 0 aromatic carbocycles. The summed E-state index contributed by atoms with van der Waals surface area (Å²) in [5.74, 6) is -0.859. The van der Waals surface area contributed by atoms with E-state index in [0.29, 0.717) is 19.3 Å². The Balaban J connectivity index is 4.10. The first-order valence-corrected chi connectivity index (χ1v) is 35.6. The van der Waals surface area contributed by atoms with E-state index in [4.69, 9.17) is 14.2 Å². The minimum atomic E-state index is -0.773. The summed E-state index contributed by atoms with van der Waals surface area (Å²) in [4.78, 5) is 38.2. The Bertz CT molecular complexity index is 1550. The van der Waals surface area contributed by atoms with Crippen molar-refractivity contribution < 1.29 is 28.6 Å². The van der Waals surface area contributed by atoms with Crippen molar-refractivity contribution in [3.05, 3.63) is 85.1 Å². The lowest BCUT2D eigenvalue weighted by molar-refractivity contribution is -0.167. The van der Waals surface area contributed by atoms with Gasteiger partial charge in [0.1, 0.15) is 13.2 Å². The standard InChI is InChI=1S/C76H134O6/c1-4-7-10-13-16-19-21-23-25-27-29-31-33-34-35-36-37-38-39-40-41-42-44-45-47-49-51-53-55-57-60-63-66-69-75(78)81-72-73(71-80-74(77)68-65-62-59-18-15-12-9-6-3)82-76(79)70-67-64-61-58-56-54-52-50-48-46-43-32-30-28-26-24-22-20-17-14-11-8-5-2/h7,10,16,19,23,25,29,31,34-35,37-38,40-41,73H,4-6,8-9,11-15,17-18,20-22,24,26-28,30,32-33,36,39,42-72H2,1-3H3/b10-7-,19-16-,25-23-,31-29-,35-34-,38-37-,41-40-. The molecule has 0 aromatic heterocycles.